The van der Waals surface area contributed by atoms with E-state index in [0.29, 0.717) is 41.1 Å². The van der Waals surface area contributed by atoms with E-state index in [0.717, 1.165) is 75.3 Å². The first-order chi connectivity index (χ1) is 19.0. The van der Waals surface area contributed by atoms with Crippen molar-refractivity contribution in [2.24, 2.45) is 5.92 Å². The zero-order chi connectivity index (χ0) is 26.5. The largest absolute Gasteiger partial charge is 0.507 e. The van der Waals surface area contributed by atoms with Crippen LogP contribution in [0.4, 0.5) is 15.9 Å². The van der Waals surface area contributed by atoms with Gasteiger partial charge < -0.3 is 25.8 Å². The topological polar surface area (TPSA) is 99.8 Å². The summed E-state index contributed by atoms with van der Waals surface area (Å²) in [5.74, 6) is 1.66. The van der Waals surface area contributed by atoms with Gasteiger partial charge in [-0.25, -0.2) is 4.39 Å². The van der Waals surface area contributed by atoms with Gasteiger partial charge in [0.1, 0.15) is 23.4 Å². The number of hydrogen-bond donors (Lipinski definition) is 3. The second-order valence-corrected chi connectivity index (χ2v) is 11.4. The van der Waals surface area contributed by atoms with Gasteiger partial charge in [0.2, 0.25) is 0 Å². The molecule has 1 unspecified atom stereocenters. The Bertz CT molecular complexity index is 1370. The molecule has 0 spiro atoms. The third-order valence-corrected chi connectivity index (χ3v) is 9.20. The molecule has 0 saturated carbocycles. The lowest BCUT2D eigenvalue weighted by molar-refractivity contribution is -0.163. The van der Waals surface area contributed by atoms with E-state index in [-0.39, 0.29) is 17.7 Å². The van der Waals surface area contributed by atoms with Crippen LogP contribution in [-0.2, 0) is 6.42 Å². The van der Waals surface area contributed by atoms with Gasteiger partial charge in [0.25, 0.3) is 0 Å². The standard InChI is InChI=1S/C30H35FN6O2/c31-24-6-5-21(39-20-7-10-33-11-8-20)13-18(24)14-23-26-9-12-36(17-19-15-27(23)37(19)26)28-16-25(34-35-30(28)32)22-3-1-2-4-29(22)38/h1-6,13,16,19-20,23,26-27,33,38H,7-12,14-15,17H2,(H2,32,35)/t19-,23-,26+,27?/m0/s1. The molecule has 0 amide bonds. The van der Waals surface area contributed by atoms with Crippen molar-refractivity contribution in [3.63, 3.8) is 0 Å². The van der Waals surface area contributed by atoms with Crippen LogP contribution >= 0.6 is 0 Å². The number of ether oxygens (including phenoxy) is 1. The Morgan fingerprint density at radius 3 is 2.74 bits per heavy atom. The number of nitrogens with two attached hydrogens (primary N) is 1. The van der Waals surface area contributed by atoms with Gasteiger partial charge in [0.15, 0.2) is 5.82 Å². The van der Waals surface area contributed by atoms with Gasteiger partial charge in [-0.15, -0.1) is 10.2 Å². The molecule has 4 aliphatic rings. The second-order valence-electron chi connectivity index (χ2n) is 11.4. The van der Waals surface area contributed by atoms with Crippen LogP contribution in [0.15, 0.2) is 48.5 Å². The molecule has 204 valence electrons. The van der Waals surface area contributed by atoms with Crippen molar-refractivity contribution >= 4 is 11.5 Å². The highest BCUT2D eigenvalue weighted by Gasteiger charge is 2.59. The number of hydrogen-bond acceptors (Lipinski definition) is 8. The summed E-state index contributed by atoms with van der Waals surface area (Å²) in [7, 11) is 0. The van der Waals surface area contributed by atoms with Crippen LogP contribution in [0.5, 0.6) is 11.5 Å². The molecule has 2 aromatic carbocycles. The zero-order valence-corrected chi connectivity index (χ0v) is 22.0. The van der Waals surface area contributed by atoms with Crippen LogP contribution in [0, 0.1) is 11.7 Å². The summed E-state index contributed by atoms with van der Waals surface area (Å²) in [6.07, 6.45) is 5.00. The third kappa shape index (κ3) is 4.47. The van der Waals surface area contributed by atoms with Crippen molar-refractivity contribution in [1.29, 1.82) is 0 Å². The first-order valence-electron chi connectivity index (χ1n) is 14.1. The number of rotatable bonds is 6. The monoisotopic (exact) mass is 530 g/mol. The summed E-state index contributed by atoms with van der Waals surface area (Å²) < 4.78 is 21.1. The molecule has 4 atom stereocenters. The van der Waals surface area contributed by atoms with Crippen LogP contribution in [-0.4, -0.2) is 70.6 Å². The summed E-state index contributed by atoms with van der Waals surface area (Å²) in [4.78, 5) is 4.95. The molecular weight excluding hydrogens is 495 g/mol. The van der Waals surface area contributed by atoms with Crippen LogP contribution < -0.4 is 20.7 Å². The van der Waals surface area contributed by atoms with E-state index < -0.39 is 0 Å². The van der Waals surface area contributed by atoms with Crippen LogP contribution in [0.1, 0.15) is 31.2 Å². The van der Waals surface area contributed by atoms with Crippen LogP contribution in [0.25, 0.3) is 11.3 Å². The Labute approximate surface area is 228 Å². The second kappa shape index (κ2) is 9.95. The fourth-order valence-corrected chi connectivity index (χ4v) is 7.21. The van der Waals surface area contributed by atoms with Crippen LogP contribution in [0.2, 0.25) is 0 Å². The average molecular weight is 531 g/mol. The zero-order valence-electron chi connectivity index (χ0n) is 22.0. The maximum Gasteiger partial charge on any atom is 0.169 e. The number of phenols is 1. The minimum absolute atomic E-state index is 0.135. The van der Waals surface area contributed by atoms with E-state index in [1.165, 1.54) is 0 Å². The first kappa shape index (κ1) is 24.6. The van der Waals surface area contributed by atoms with E-state index in [1.54, 1.807) is 24.3 Å². The number of nitrogens with one attached hydrogen (secondary N) is 1. The van der Waals surface area contributed by atoms with Gasteiger partial charge >= 0.3 is 0 Å². The fourth-order valence-electron chi connectivity index (χ4n) is 7.21. The molecule has 4 fully saturated rings. The number of nitrogen functional groups attached to an aromatic ring is 1. The molecule has 1 aromatic heterocycles. The van der Waals surface area contributed by atoms with E-state index in [4.69, 9.17) is 10.5 Å². The molecular formula is C30H35FN6O2. The lowest BCUT2D eigenvalue weighted by Crippen LogP contribution is -2.76. The van der Waals surface area contributed by atoms with Crippen molar-refractivity contribution in [3.05, 3.63) is 59.9 Å². The Morgan fingerprint density at radius 2 is 1.90 bits per heavy atom. The molecule has 4 saturated heterocycles. The summed E-state index contributed by atoms with van der Waals surface area (Å²) in [6.45, 7) is 3.66. The normalized spacial score (nSPS) is 26.7. The SMILES string of the molecule is Nc1nnc(-c2ccccc2O)cc1N1CC[C@@H]2[C@H](Cc3cc(OC4CCNCC4)ccc3F)C3C[C@@H](C1)N32. The molecule has 5 heterocycles. The third-order valence-electron chi connectivity index (χ3n) is 9.20. The number of anilines is 2. The number of para-hydroxylation sites is 1. The minimum atomic E-state index is -0.135. The predicted molar refractivity (Wildman–Crippen MR) is 148 cm³/mol. The number of piperidine rings is 2. The van der Waals surface area contributed by atoms with Gasteiger partial charge in [0, 0.05) is 36.8 Å². The Morgan fingerprint density at radius 1 is 1.05 bits per heavy atom. The highest BCUT2D eigenvalue weighted by atomic mass is 19.1. The van der Waals surface area contributed by atoms with Crippen molar-refractivity contribution in [2.75, 3.05) is 36.8 Å². The highest BCUT2D eigenvalue weighted by molar-refractivity contribution is 5.74. The maximum atomic E-state index is 14.9. The lowest BCUT2D eigenvalue weighted by Gasteiger charge is -2.66. The maximum absolute atomic E-state index is 14.9. The van der Waals surface area contributed by atoms with Crippen LogP contribution in [0.3, 0.4) is 0 Å². The molecule has 0 radical (unpaired) electrons. The quantitative estimate of drug-likeness (QED) is 0.445. The number of aromatic nitrogens is 2. The average Bonchev–Trinajstić information content (AvgIpc) is 2.98. The van der Waals surface area contributed by atoms with Gasteiger partial charge in [-0.1, -0.05) is 12.1 Å². The molecule has 4 N–H and O–H groups in total. The molecule has 39 heavy (non-hydrogen) atoms. The Kier molecular flexibility index (Phi) is 6.28. The number of halogens is 1. The van der Waals surface area contributed by atoms with Crippen molar-refractivity contribution in [3.8, 4) is 22.8 Å². The number of aromatic hydroxyl groups is 1. The van der Waals surface area contributed by atoms with Gasteiger partial charge in [0.05, 0.1) is 11.4 Å². The molecule has 0 aliphatic carbocycles. The summed E-state index contributed by atoms with van der Waals surface area (Å²) in [5, 5.41) is 22.2. The number of benzene rings is 2. The smallest absolute Gasteiger partial charge is 0.169 e. The van der Waals surface area contributed by atoms with E-state index >= 15 is 0 Å². The predicted octanol–water partition coefficient (Wildman–Crippen LogP) is 3.60. The number of phenolic OH excluding ortho intramolecular Hbond substituents is 1. The fraction of sp³-hybridized carbons (Fsp3) is 0.467. The van der Waals surface area contributed by atoms with E-state index in [1.807, 2.05) is 24.3 Å². The summed E-state index contributed by atoms with van der Waals surface area (Å²) in [6, 6.07) is 15.8. The van der Waals surface area contributed by atoms with E-state index in [2.05, 4.69) is 25.3 Å². The van der Waals surface area contributed by atoms with Gasteiger partial charge in [-0.3, -0.25) is 4.90 Å². The van der Waals surface area contributed by atoms with E-state index in [9.17, 15) is 9.50 Å². The molecule has 3 aromatic rings. The lowest BCUT2D eigenvalue weighted by atomic mass is 9.65. The summed E-state index contributed by atoms with van der Waals surface area (Å²) in [5.41, 5.74) is 9.19. The van der Waals surface area contributed by atoms with Gasteiger partial charge in [-0.2, -0.15) is 0 Å². The molecule has 8 nitrogen and oxygen atoms in total. The molecule has 7 rings (SSSR count). The first-order valence-corrected chi connectivity index (χ1v) is 14.1. The van der Waals surface area contributed by atoms with Crippen molar-refractivity contribution in [1.82, 2.24) is 20.4 Å². The van der Waals surface area contributed by atoms with Crippen molar-refractivity contribution in [2.45, 2.75) is 56.3 Å². The molecule has 0 bridgehead atoms. The Hall–Kier alpha value is -3.43. The number of nitrogens with zero attached hydrogens (tertiary/aromatic N) is 4. The van der Waals surface area contributed by atoms with Gasteiger partial charge in [-0.05, 0) is 93.1 Å². The summed E-state index contributed by atoms with van der Waals surface area (Å²) >= 11 is 0. The highest BCUT2D eigenvalue weighted by Crippen LogP contribution is 2.51. The minimum Gasteiger partial charge on any atom is -0.507 e. The molecule has 4 aliphatic heterocycles. The molecule has 9 heteroatoms. The van der Waals surface area contributed by atoms with Crippen molar-refractivity contribution < 1.29 is 14.2 Å². The Balaban J connectivity index is 1.06.